The Labute approximate surface area is 233 Å². The molecule has 0 radical (unpaired) electrons. The van der Waals surface area contributed by atoms with Crippen molar-refractivity contribution in [2.24, 2.45) is 5.73 Å². The fourth-order valence-electron chi connectivity index (χ4n) is 6.72. The lowest BCUT2D eigenvalue weighted by molar-refractivity contribution is 0.0567. The van der Waals surface area contributed by atoms with Gasteiger partial charge in [0, 0.05) is 63.9 Å². The standard InChI is InChI=1S/C29H48N8O2/c1-4-24-29(39-23-6-5-11-31-19-23)34-28(26(33-24)27(30)38)32-21-7-8-25(20(2)18-21)37-12-9-22(10-13-37)36-16-14-35(3)15-17-36/h18,21-23,25,31H,4-17,19H2,1-3H3,(H2,30,38)(H,32,34)/t21?,23-,25?/m1/s1. The summed E-state index contributed by atoms with van der Waals surface area (Å²) in [5, 5.41) is 6.87. The Kier molecular flexibility index (Phi) is 9.37. The number of ether oxygens (including phenoxy) is 1. The maximum Gasteiger partial charge on any atom is 0.271 e. The van der Waals surface area contributed by atoms with Crippen molar-refractivity contribution in [1.29, 1.82) is 0 Å². The van der Waals surface area contributed by atoms with E-state index in [9.17, 15) is 4.79 Å². The molecule has 1 aliphatic carbocycles. The fraction of sp³-hybridized carbons (Fsp3) is 0.759. The van der Waals surface area contributed by atoms with Crippen LogP contribution in [0.5, 0.6) is 5.88 Å². The van der Waals surface area contributed by atoms with Crippen molar-refractivity contribution in [3.05, 3.63) is 23.0 Å². The molecule has 3 aliphatic heterocycles. The number of anilines is 1. The van der Waals surface area contributed by atoms with Gasteiger partial charge in [0.05, 0.1) is 0 Å². The average molecular weight is 541 g/mol. The van der Waals surface area contributed by atoms with Gasteiger partial charge in [0.15, 0.2) is 11.5 Å². The highest BCUT2D eigenvalue weighted by Gasteiger charge is 2.32. The van der Waals surface area contributed by atoms with Crippen LogP contribution in [0.15, 0.2) is 11.6 Å². The summed E-state index contributed by atoms with van der Waals surface area (Å²) in [5.41, 5.74) is 8.00. The van der Waals surface area contributed by atoms with E-state index >= 15 is 0 Å². The topological polar surface area (TPSA) is 112 Å². The van der Waals surface area contributed by atoms with E-state index in [2.05, 4.69) is 50.4 Å². The third-order valence-corrected chi connectivity index (χ3v) is 9.09. The molecule has 4 aliphatic rings. The lowest BCUT2D eigenvalue weighted by Crippen LogP contribution is -2.54. The Morgan fingerprint density at radius 1 is 1.08 bits per heavy atom. The van der Waals surface area contributed by atoms with Gasteiger partial charge in [0.1, 0.15) is 11.8 Å². The van der Waals surface area contributed by atoms with E-state index in [4.69, 9.17) is 15.5 Å². The molecule has 2 unspecified atom stereocenters. The molecule has 0 saturated carbocycles. The normalized spacial score (nSPS) is 28.2. The number of carbonyl (C=O) groups excluding carboxylic acids is 1. The van der Waals surface area contributed by atoms with Gasteiger partial charge >= 0.3 is 0 Å². The Hall–Kier alpha value is -2.27. The van der Waals surface area contributed by atoms with Crippen molar-refractivity contribution in [2.75, 3.05) is 64.7 Å². The van der Waals surface area contributed by atoms with E-state index in [0.29, 0.717) is 29.9 Å². The largest absolute Gasteiger partial charge is 0.472 e. The first-order valence-electron chi connectivity index (χ1n) is 15.1. The van der Waals surface area contributed by atoms with Crippen molar-refractivity contribution in [2.45, 2.75) is 83.0 Å². The molecule has 4 heterocycles. The number of nitrogens with zero attached hydrogens (tertiary/aromatic N) is 5. The van der Waals surface area contributed by atoms with Gasteiger partial charge in [-0.1, -0.05) is 18.6 Å². The van der Waals surface area contributed by atoms with Crippen LogP contribution in [0.1, 0.15) is 68.6 Å². The number of hydrogen-bond acceptors (Lipinski definition) is 9. The van der Waals surface area contributed by atoms with Crippen LogP contribution in [0, 0.1) is 0 Å². The van der Waals surface area contributed by atoms with Gasteiger partial charge < -0.3 is 26.0 Å². The zero-order valence-corrected chi connectivity index (χ0v) is 24.1. The SMILES string of the molecule is CCc1nc(C(N)=O)c(NC2C=C(C)C(N3CCC(N4CCN(C)CC4)CC3)CC2)nc1O[C@@H]1CCCNC1. The highest BCUT2D eigenvalue weighted by atomic mass is 16.5. The van der Waals surface area contributed by atoms with Gasteiger partial charge in [-0.25, -0.2) is 4.98 Å². The van der Waals surface area contributed by atoms with Crippen LogP contribution in [-0.4, -0.2) is 114 Å². The zero-order chi connectivity index (χ0) is 27.4. The maximum atomic E-state index is 12.3. The van der Waals surface area contributed by atoms with Gasteiger partial charge in [0.25, 0.3) is 5.91 Å². The zero-order valence-electron chi connectivity index (χ0n) is 24.1. The first-order chi connectivity index (χ1) is 18.9. The number of primary amides is 1. The summed E-state index contributed by atoms with van der Waals surface area (Å²) in [6.45, 7) is 13.2. The first-order valence-corrected chi connectivity index (χ1v) is 15.1. The Morgan fingerprint density at radius 3 is 2.49 bits per heavy atom. The first kappa shape index (κ1) is 28.3. The molecule has 0 bridgehead atoms. The third kappa shape index (κ3) is 6.90. The molecule has 5 rings (SSSR count). The number of likely N-dealkylation sites (N-methyl/N-ethyl adjacent to an activating group) is 1. The van der Waals surface area contributed by atoms with Gasteiger partial charge in [-0.05, 0) is 65.5 Å². The van der Waals surface area contributed by atoms with Crippen LogP contribution < -0.4 is 21.1 Å². The summed E-state index contributed by atoms with van der Waals surface area (Å²) in [6.07, 6.45) is 9.63. The van der Waals surface area contributed by atoms with Crippen LogP contribution in [-0.2, 0) is 6.42 Å². The molecule has 4 N–H and O–H groups in total. The van der Waals surface area contributed by atoms with Crippen LogP contribution in [0.4, 0.5) is 5.82 Å². The summed E-state index contributed by atoms with van der Waals surface area (Å²) in [4.78, 5) is 29.5. The molecular weight excluding hydrogens is 492 g/mol. The number of nitrogens with one attached hydrogen (secondary N) is 2. The van der Waals surface area contributed by atoms with Crippen LogP contribution in [0.25, 0.3) is 0 Å². The number of amides is 1. The average Bonchev–Trinajstić information content (AvgIpc) is 2.94. The van der Waals surface area contributed by atoms with E-state index in [-0.39, 0.29) is 17.8 Å². The molecule has 10 heteroatoms. The Balaban J connectivity index is 1.22. The monoisotopic (exact) mass is 540 g/mol. The molecule has 0 aromatic carbocycles. The van der Waals surface area contributed by atoms with Crippen LogP contribution in [0.3, 0.4) is 0 Å². The smallest absolute Gasteiger partial charge is 0.271 e. The third-order valence-electron chi connectivity index (χ3n) is 9.09. The summed E-state index contributed by atoms with van der Waals surface area (Å²) in [6, 6.07) is 1.29. The van der Waals surface area contributed by atoms with Crippen molar-refractivity contribution in [3.8, 4) is 5.88 Å². The molecule has 39 heavy (non-hydrogen) atoms. The molecule has 0 spiro atoms. The predicted molar refractivity (Wildman–Crippen MR) is 154 cm³/mol. The van der Waals surface area contributed by atoms with E-state index < -0.39 is 5.91 Å². The number of piperazine rings is 1. The second-order valence-electron chi connectivity index (χ2n) is 11.8. The fourth-order valence-corrected chi connectivity index (χ4v) is 6.72. The van der Waals surface area contributed by atoms with E-state index in [0.717, 1.165) is 57.9 Å². The van der Waals surface area contributed by atoms with Gasteiger partial charge in [-0.15, -0.1) is 0 Å². The second kappa shape index (κ2) is 12.9. The van der Waals surface area contributed by atoms with Crippen molar-refractivity contribution < 1.29 is 9.53 Å². The highest BCUT2D eigenvalue weighted by Crippen LogP contribution is 2.30. The maximum absolute atomic E-state index is 12.3. The summed E-state index contributed by atoms with van der Waals surface area (Å²) >= 11 is 0. The number of rotatable bonds is 8. The van der Waals surface area contributed by atoms with E-state index in [1.54, 1.807) is 0 Å². The predicted octanol–water partition coefficient (Wildman–Crippen LogP) is 1.87. The minimum atomic E-state index is -0.566. The minimum Gasteiger partial charge on any atom is -0.472 e. The number of aromatic nitrogens is 2. The molecule has 1 aromatic rings. The molecular formula is C29H48N8O2. The number of aryl methyl sites for hydroxylation is 1. The van der Waals surface area contributed by atoms with Gasteiger partial charge in [-0.3, -0.25) is 14.6 Å². The number of nitrogens with two attached hydrogens (primary N) is 1. The number of likely N-dealkylation sites (tertiary alicyclic amines) is 1. The van der Waals surface area contributed by atoms with Crippen molar-refractivity contribution in [1.82, 2.24) is 30.0 Å². The quantitative estimate of drug-likeness (QED) is 0.426. The molecule has 216 valence electrons. The van der Waals surface area contributed by atoms with Crippen molar-refractivity contribution in [3.63, 3.8) is 0 Å². The van der Waals surface area contributed by atoms with Gasteiger partial charge in [-0.2, -0.15) is 4.98 Å². The number of piperidine rings is 2. The molecule has 3 atom stereocenters. The lowest BCUT2D eigenvalue weighted by Gasteiger charge is -2.45. The molecule has 3 saturated heterocycles. The number of hydrogen-bond donors (Lipinski definition) is 3. The molecule has 1 amide bonds. The lowest BCUT2D eigenvalue weighted by atomic mass is 9.89. The molecule has 3 fully saturated rings. The summed E-state index contributed by atoms with van der Waals surface area (Å²) < 4.78 is 6.26. The molecule has 10 nitrogen and oxygen atoms in total. The van der Waals surface area contributed by atoms with Crippen molar-refractivity contribution >= 4 is 11.7 Å². The minimum absolute atomic E-state index is 0.0589. The van der Waals surface area contributed by atoms with Gasteiger partial charge in [0.2, 0.25) is 5.88 Å². The van der Waals surface area contributed by atoms with Crippen LogP contribution >= 0.6 is 0 Å². The highest BCUT2D eigenvalue weighted by molar-refractivity contribution is 5.95. The Morgan fingerprint density at radius 2 is 1.85 bits per heavy atom. The number of carbonyl (C=O) groups is 1. The Bertz CT molecular complexity index is 1010. The summed E-state index contributed by atoms with van der Waals surface area (Å²) in [5.74, 6) is 0.374. The summed E-state index contributed by atoms with van der Waals surface area (Å²) in [7, 11) is 2.23. The van der Waals surface area contributed by atoms with E-state index in [1.165, 1.54) is 44.6 Å². The second-order valence-corrected chi connectivity index (χ2v) is 11.8. The van der Waals surface area contributed by atoms with E-state index in [1.807, 2.05) is 6.92 Å². The van der Waals surface area contributed by atoms with Crippen LogP contribution in [0.2, 0.25) is 0 Å². The molecule has 1 aromatic heterocycles.